The smallest absolute Gasteiger partial charge is 0.272 e. The van der Waals surface area contributed by atoms with Crippen molar-refractivity contribution in [1.29, 1.82) is 5.26 Å². The molecule has 1 heterocycles. The summed E-state index contributed by atoms with van der Waals surface area (Å²) in [6.45, 7) is 5.83. The first kappa shape index (κ1) is 21.3. The fourth-order valence-corrected chi connectivity index (χ4v) is 4.37. The molecule has 0 saturated heterocycles. The van der Waals surface area contributed by atoms with Crippen LogP contribution in [0.4, 0.5) is 13.2 Å². The molecule has 0 fully saturated rings. The molecule has 0 unspecified atom stereocenters. The highest BCUT2D eigenvalue weighted by molar-refractivity contribution is 8.02. The molecule has 0 spiro atoms. The van der Waals surface area contributed by atoms with E-state index < -0.39 is 11.7 Å². The molecule has 0 bridgehead atoms. The van der Waals surface area contributed by atoms with Crippen LogP contribution in [0.15, 0.2) is 22.1 Å². The predicted octanol–water partition coefficient (Wildman–Crippen LogP) is 5.93. The van der Waals surface area contributed by atoms with Crippen LogP contribution >= 0.6 is 46.9 Å². The predicted molar refractivity (Wildman–Crippen MR) is 99.0 cm³/mol. The van der Waals surface area contributed by atoms with Gasteiger partial charge in [-0.3, -0.25) is 5.14 Å². The van der Waals surface area contributed by atoms with Gasteiger partial charge in [0.05, 0.1) is 20.5 Å². The molecule has 2 N–H and O–H groups in total. The molecule has 0 amide bonds. The van der Waals surface area contributed by atoms with Crippen molar-refractivity contribution in [3.8, 4) is 11.8 Å². The van der Waals surface area contributed by atoms with E-state index in [9.17, 15) is 18.4 Å². The van der Waals surface area contributed by atoms with Crippen LogP contribution in [0.3, 0.4) is 0 Å². The summed E-state index contributed by atoms with van der Waals surface area (Å²) in [7, 11) is 0. The summed E-state index contributed by atoms with van der Waals surface area (Å²) in [5, 5.41) is 19.1. The van der Waals surface area contributed by atoms with Crippen LogP contribution in [-0.2, 0) is 6.18 Å². The van der Waals surface area contributed by atoms with Gasteiger partial charge in [-0.25, -0.2) is 4.68 Å². The molecule has 26 heavy (non-hydrogen) atoms. The van der Waals surface area contributed by atoms with Gasteiger partial charge in [-0.15, -0.1) is 11.8 Å². The first-order chi connectivity index (χ1) is 11.9. The summed E-state index contributed by atoms with van der Waals surface area (Å²) in [5.41, 5.74) is -0.855. The van der Waals surface area contributed by atoms with E-state index >= 15 is 0 Å². The van der Waals surface area contributed by atoms with Crippen molar-refractivity contribution in [2.45, 2.75) is 41.6 Å². The zero-order valence-electron chi connectivity index (χ0n) is 13.8. The number of benzene rings is 1. The zero-order chi connectivity index (χ0) is 19.9. The van der Waals surface area contributed by atoms with E-state index in [2.05, 4.69) is 5.10 Å². The number of nitrogens with two attached hydrogens (primary N) is 1. The number of hydrogen-bond donors (Lipinski definition) is 1. The summed E-state index contributed by atoms with van der Waals surface area (Å²) in [6, 6.07) is 3.49. The van der Waals surface area contributed by atoms with Gasteiger partial charge < -0.3 is 0 Å². The maximum Gasteiger partial charge on any atom is 0.416 e. The number of rotatable bonds is 3. The van der Waals surface area contributed by atoms with Crippen LogP contribution in [0.2, 0.25) is 10.0 Å². The third-order valence-corrected chi connectivity index (χ3v) is 5.49. The van der Waals surface area contributed by atoms with Gasteiger partial charge in [0.2, 0.25) is 0 Å². The first-order valence-corrected chi connectivity index (χ1v) is 9.49. The van der Waals surface area contributed by atoms with Crippen molar-refractivity contribution in [3.63, 3.8) is 0 Å². The average Bonchev–Trinajstić information content (AvgIpc) is 2.81. The monoisotopic (exact) mass is 440 g/mol. The molecular formula is C15H13Cl2F3N4S2. The van der Waals surface area contributed by atoms with E-state index in [0.29, 0.717) is 9.92 Å². The van der Waals surface area contributed by atoms with Crippen molar-refractivity contribution in [3.05, 3.63) is 33.4 Å². The quantitative estimate of drug-likeness (QED) is 0.473. The van der Waals surface area contributed by atoms with Gasteiger partial charge in [-0.1, -0.05) is 44.0 Å². The molecular weight excluding hydrogens is 428 g/mol. The van der Waals surface area contributed by atoms with Crippen molar-refractivity contribution in [2.24, 2.45) is 5.14 Å². The number of halogens is 5. The lowest BCUT2D eigenvalue weighted by atomic mass is 10.2. The molecule has 2 aromatic rings. The lowest BCUT2D eigenvalue weighted by Crippen LogP contribution is -2.09. The second-order valence-electron chi connectivity index (χ2n) is 6.13. The highest BCUT2D eigenvalue weighted by atomic mass is 35.5. The van der Waals surface area contributed by atoms with E-state index in [0.717, 1.165) is 24.1 Å². The Morgan fingerprint density at radius 2 is 1.73 bits per heavy atom. The van der Waals surface area contributed by atoms with Gasteiger partial charge >= 0.3 is 6.18 Å². The lowest BCUT2D eigenvalue weighted by Gasteiger charge is -2.18. The van der Waals surface area contributed by atoms with Crippen LogP contribution in [0.1, 0.15) is 32.0 Å². The zero-order valence-corrected chi connectivity index (χ0v) is 16.9. The summed E-state index contributed by atoms with van der Waals surface area (Å²) in [6.07, 6.45) is -4.59. The number of aromatic nitrogens is 2. The second kappa shape index (κ2) is 7.52. The van der Waals surface area contributed by atoms with Gasteiger partial charge in [0.15, 0.2) is 5.69 Å². The standard InChI is InChI=1S/C15H13Cl2F3N4S2/c1-14(2,3)25-12-10(6-21)23-24(13(12)26-22)11-8(16)4-7(5-9(11)17)15(18,19)20/h4-5H,22H2,1-3H3. The van der Waals surface area contributed by atoms with Crippen molar-refractivity contribution < 1.29 is 13.2 Å². The second-order valence-corrected chi connectivity index (χ2v) is 9.40. The fraction of sp³-hybridized carbons (Fsp3) is 0.333. The first-order valence-electron chi connectivity index (χ1n) is 7.04. The van der Waals surface area contributed by atoms with E-state index in [-0.39, 0.29) is 26.2 Å². The van der Waals surface area contributed by atoms with Crippen LogP contribution in [0.25, 0.3) is 5.69 Å². The Labute approximate surface area is 167 Å². The van der Waals surface area contributed by atoms with Crippen LogP contribution in [0.5, 0.6) is 0 Å². The molecule has 0 aliphatic heterocycles. The van der Waals surface area contributed by atoms with Crippen LogP contribution in [0, 0.1) is 11.3 Å². The molecule has 1 aromatic carbocycles. The van der Waals surface area contributed by atoms with Crippen LogP contribution in [-0.4, -0.2) is 14.5 Å². The Kier molecular flexibility index (Phi) is 6.15. The summed E-state index contributed by atoms with van der Waals surface area (Å²) in [5.74, 6) is 0. The van der Waals surface area contributed by atoms with E-state index in [1.807, 2.05) is 26.8 Å². The molecule has 2 rings (SSSR count). The van der Waals surface area contributed by atoms with E-state index in [4.69, 9.17) is 28.3 Å². The van der Waals surface area contributed by atoms with Gasteiger partial charge in [-0.05, 0) is 24.1 Å². The molecule has 0 aliphatic rings. The van der Waals surface area contributed by atoms with Gasteiger partial charge in [0.1, 0.15) is 16.8 Å². The number of alkyl halides is 3. The topological polar surface area (TPSA) is 67.6 Å². The molecule has 11 heteroatoms. The minimum absolute atomic E-state index is 0.0338. The SMILES string of the molecule is CC(C)(C)Sc1c(C#N)nn(-c2c(Cl)cc(C(F)(F)F)cc2Cl)c1SN. The maximum absolute atomic E-state index is 12.9. The summed E-state index contributed by atoms with van der Waals surface area (Å²) < 4.78 is 39.7. The average molecular weight is 441 g/mol. The highest BCUT2D eigenvalue weighted by Crippen LogP contribution is 2.43. The lowest BCUT2D eigenvalue weighted by molar-refractivity contribution is -0.137. The Morgan fingerprint density at radius 1 is 1.19 bits per heavy atom. The van der Waals surface area contributed by atoms with Gasteiger partial charge in [-0.2, -0.15) is 23.5 Å². The molecule has 4 nitrogen and oxygen atoms in total. The van der Waals surface area contributed by atoms with Crippen molar-refractivity contribution in [1.82, 2.24) is 9.78 Å². The normalized spacial score (nSPS) is 12.3. The number of nitriles is 1. The van der Waals surface area contributed by atoms with E-state index in [1.54, 1.807) is 0 Å². The minimum atomic E-state index is -4.59. The molecule has 0 radical (unpaired) electrons. The largest absolute Gasteiger partial charge is 0.416 e. The van der Waals surface area contributed by atoms with Crippen LogP contribution < -0.4 is 5.14 Å². The Hall–Kier alpha value is -1.05. The molecule has 140 valence electrons. The summed E-state index contributed by atoms with van der Waals surface area (Å²) in [4.78, 5) is 0.513. The molecule has 0 saturated carbocycles. The third kappa shape index (κ3) is 4.43. The van der Waals surface area contributed by atoms with Crippen molar-refractivity contribution >= 4 is 46.9 Å². The number of thioether (sulfide) groups is 1. The fourth-order valence-electron chi connectivity index (χ4n) is 2.05. The molecule has 0 aliphatic carbocycles. The molecule has 0 atom stereocenters. The highest BCUT2D eigenvalue weighted by Gasteiger charge is 2.33. The number of nitrogens with zero attached hydrogens (tertiary/aromatic N) is 3. The maximum atomic E-state index is 12.9. The summed E-state index contributed by atoms with van der Waals surface area (Å²) >= 11 is 14.3. The Balaban J connectivity index is 2.72. The van der Waals surface area contributed by atoms with Gasteiger partial charge in [0.25, 0.3) is 0 Å². The van der Waals surface area contributed by atoms with E-state index in [1.165, 1.54) is 16.4 Å². The van der Waals surface area contributed by atoms with Crippen molar-refractivity contribution in [2.75, 3.05) is 0 Å². The number of hydrogen-bond acceptors (Lipinski definition) is 5. The third-order valence-electron chi connectivity index (χ3n) is 2.98. The van der Waals surface area contributed by atoms with Gasteiger partial charge in [0, 0.05) is 4.75 Å². The Bertz CT molecular complexity index is 860. The Morgan fingerprint density at radius 3 is 2.12 bits per heavy atom. The molecule has 1 aromatic heterocycles. The minimum Gasteiger partial charge on any atom is -0.272 e.